The zero-order valence-corrected chi connectivity index (χ0v) is 17.7. The molecule has 1 aromatic heterocycles. The van der Waals surface area contributed by atoms with Crippen LogP contribution in [0.15, 0.2) is 36.9 Å². The first-order chi connectivity index (χ1) is 12.6. The molecule has 0 amide bonds. The van der Waals surface area contributed by atoms with E-state index in [0.29, 0.717) is 6.42 Å². The van der Waals surface area contributed by atoms with Crippen LogP contribution < -0.4 is 0 Å². The molecule has 148 valence electrons. The summed E-state index contributed by atoms with van der Waals surface area (Å²) >= 11 is 1.92. The van der Waals surface area contributed by atoms with E-state index in [1.165, 1.54) is 6.07 Å². The van der Waals surface area contributed by atoms with Crippen molar-refractivity contribution in [3.05, 3.63) is 52.6 Å². The summed E-state index contributed by atoms with van der Waals surface area (Å²) in [5.74, 6) is 0. The van der Waals surface area contributed by atoms with Crippen molar-refractivity contribution in [1.82, 2.24) is 14.8 Å². The minimum absolute atomic E-state index is 0.0842. The molecule has 0 N–H and O–H groups in total. The number of nitrogens with zero attached hydrogens (tertiary/aromatic N) is 4. The van der Waals surface area contributed by atoms with E-state index in [9.17, 15) is 10.1 Å². The van der Waals surface area contributed by atoms with E-state index in [2.05, 4.69) is 44.8 Å². The van der Waals surface area contributed by atoms with Gasteiger partial charge in [-0.2, -0.15) is 0 Å². The average Bonchev–Trinajstić information content (AvgIpc) is 3.07. The first-order valence-electron chi connectivity index (χ1n) is 9.37. The number of rotatable bonds is 9. The SMILES string of the molecule is CCCC(C)(CC(C)(C)C)SC(Cc1cccc([N+](=O)[O-])c1)n1cnnc1. The van der Waals surface area contributed by atoms with Gasteiger partial charge in [0.1, 0.15) is 12.7 Å². The monoisotopic (exact) mass is 390 g/mol. The van der Waals surface area contributed by atoms with E-state index in [1.54, 1.807) is 24.8 Å². The highest BCUT2D eigenvalue weighted by Gasteiger charge is 2.33. The van der Waals surface area contributed by atoms with Crippen molar-refractivity contribution in [3.63, 3.8) is 0 Å². The summed E-state index contributed by atoms with van der Waals surface area (Å²) in [6, 6.07) is 6.90. The molecule has 6 nitrogen and oxygen atoms in total. The second kappa shape index (κ2) is 8.87. The lowest BCUT2D eigenvalue weighted by Crippen LogP contribution is -2.29. The number of aromatic nitrogens is 3. The van der Waals surface area contributed by atoms with Gasteiger partial charge in [-0.05, 0) is 23.8 Å². The Labute approximate surface area is 165 Å². The maximum Gasteiger partial charge on any atom is 0.269 e. The molecule has 0 aliphatic carbocycles. The van der Waals surface area contributed by atoms with Crippen molar-refractivity contribution < 1.29 is 4.92 Å². The lowest BCUT2D eigenvalue weighted by atomic mass is 9.83. The van der Waals surface area contributed by atoms with Crippen molar-refractivity contribution in [2.45, 2.75) is 70.4 Å². The topological polar surface area (TPSA) is 73.8 Å². The molecule has 0 fully saturated rings. The van der Waals surface area contributed by atoms with Gasteiger partial charge in [0.05, 0.1) is 10.3 Å². The molecule has 0 radical (unpaired) electrons. The molecule has 1 aromatic carbocycles. The van der Waals surface area contributed by atoms with Crippen LogP contribution in [0.1, 0.15) is 64.8 Å². The summed E-state index contributed by atoms with van der Waals surface area (Å²) in [5.41, 5.74) is 1.30. The summed E-state index contributed by atoms with van der Waals surface area (Å²) in [5, 5.41) is 19.1. The van der Waals surface area contributed by atoms with Crippen molar-refractivity contribution in [2.24, 2.45) is 5.41 Å². The van der Waals surface area contributed by atoms with Crippen LogP contribution in [0.5, 0.6) is 0 Å². The number of benzene rings is 1. The Bertz CT molecular complexity index is 743. The van der Waals surface area contributed by atoms with Crippen LogP contribution in [-0.4, -0.2) is 24.4 Å². The zero-order valence-electron chi connectivity index (χ0n) is 16.9. The minimum atomic E-state index is -0.342. The van der Waals surface area contributed by atoms with E-state index < -0.39 is 0 Å². The van der Waals surface area contributed by atoms with E-state index in [0.717, 1.165) is 24.8 Å². The van der Waals surface area contributed by atoms with Gasteiger partial charge in [-0.25, -0.2) is 0 Å². The van der Waals surface area contributed by atoms with Crippen LogP contribution in [0.25, 0.3) is 0 Å². The summed E-state index contributed by atoms with van der Waals surface area (Å²) in [6.45, 7) is 11.4. The fourth-order valence-electron chi connectivity index (χ4n) is 3.73. The highest BCUT2D eigenvalue weighted by molar-refractivity contribution is 8.00. The third-order valence-electron chi connectivity index (χ3n) is 4.40. The van der Waals surface area contributed by atoms with E-state index in [4.69, 9.17) is 0 Å². The highest BCUT2D eigenvalue weighted by atomic mass is 32.2. The van der Waals surface area contributed by atoms with Crippen LogP contribution in [-0.2, 0) is 6.42 Å². The molecule has 0 aliphatic heterocycles. The number of thioether (sulfide) groups is 1. The van der Waals surface area contributed by atoms with Gasteiger partial charge in [0.15, 0.2) is 0 Å². The largest absolute Gasteiger partial charge is 0.307 e. The molecule has 7 heteroatoms. The van der Waals surface area contributed by atoms with Gasteiger partial charge < -0.3 is 4.57 Å². The minimum Gasteiger partial charge on any atom is -0.307 e. The fourth-order valence-corrected chi connectivity index (χ4v) is 5.73. The van der Waals surface area contributed by atoms with Crippen LogP contribution in [0.4, 0.5) is 5.69 Å². The predicted octanol–water partition coefficient (Wildman–Crippen LogP) is 5.66. The smallest absolute Gasteiger partial charge is 0.269 e. The lowest BCUT2D eigenvalue weighted by molar-refractivity contribution is -0.384. The molecule has 0 saturated heterocycles. The second-order valence-corrected chi connectivity index (χ2v) is 10.3. The van der Waals surface area contributed by atoms with Crippen molar-refractivity contribution >= 4 is 17.4 Å². The average molecular weight is 391 g/mol. The molecule has 2 unspecified atom stereocenters. The van der Waals surface area contributed by atoms with E-state index >= 15 is 0 Å². The van der Waals surface area contributed by atoms with Crippen molar-refractivity contribution in [2.75, 3.05) is 0 Å². The Hall–Kier alpha value is -1.89. The number of nitro benzene ring substituents is 1. The standard InChI is InChI=1S/C20H30N4O2S/c1-6-10-20(5,13-19(2,3)4)27-18(23-14-21-22-15-23)12-16-8-7-9-17(11-16)24(25)26/h7-9,11,14-15,18H,6,10,12-13H2,1-5H3. The molecule has 2 aromatic rings. The fraction of sp³-hybridized carbons (Fsp3) is 0.600. The lowest BCUT2D eigenvalue weighted by Gasteiger charge is -2.38. The van der Waals surface area contributed by atoms with Crippen LogP contribution >= 0.6 is 11.8 Å². The number of hydrogen-bond donors (Lipinski definition) is 0. The zero-order chi connectivity index (χ0) is 20.1. The Morgan fingerprint density at radius 3 is 2.44 bits per heavy atom. The van der Waals surface area contributed by atoms with Gasteiger partial charge in [-0.1, -0.05) is 53.2 Å². The Kier molecular flexibility index (Phi) is 7.03. The Morgan fingerprint density at radius 1 is 1.22 bits per heavy atom. The maximum atomic E-state index is 11.1. The third kappa shape index (κ3) is 6.65. The normalized spacial score (nSPS) is 15.3. The summed E-state index contributed by atoms with van der Waals surface area (Å²) in [6.07, 6.45) is 7.48. The molecular weight excluding hydrogens is 360 g/mol. The third-order valence-corrected chi connectivity index (χ3v) is 6.00. The number of non-ortho nitro benzene ring substituents is 1. The summed E-state index contributed by atoms with van der Waals surface area (Å²) in [4.78, 5) is 10.8. The molecule has 2 atom stereocenters. The Morgan fingerprint density at radius 2 is 1.89 bits per heavy atom. The molecule has 0 aliphatic rings. The van der Waals surface area contributed by atoms with Crippen LogP contribution in [0.2, 0.25) is 0 Å². The van der Waals surface area contributed by atoms with Gasteiger partial charge in [0.25, 0.3) is 5.69 Å². The van der Waals surface area contributed by atoms with E-state index in [-0.39, 0.29) is 26.1 Å². The second-order valence-electron chi connectivity index (χ2n) is 8.55. The molecule has 27 heavy (non-hydrogen) atoms. The van der Waals surface area contributed by atoms with Crippen molar-refractivity contribution in [1.29, 1.82) is 0 Å². The summed E-state index contributed by atoms with van der Waals surface area (Å²) < 4.78 is 2.11. The maximum absolute atomic E-state index is 11.1. The first-order valence-corrected chi connectivity index (χ1v) is 10.3. The molecule has 0 spiro atoms. The van der Waals surface area contributed by atoms with Crippen molar-refractivity contribution in [3.8, 4) is 0 Å². The molecule has 1 heterocycles. The van der Waals surface area contributed by atoms with Gasteiger partial charge in [-0.3, -0.25) is 10.1 Å². The van der Waals surface area contributed by atoms with Gasteiger partial charge in [0.2, 0.25) is 0 Å². The predicted molar refractivity (Wildman–Crippen MR) is 111 cm³/mol. The van der Waals surface area contributed by atoms with E-state index in [1.807, 2.05) is 22.4 Å². The quantitative estimate of drug-likeness (QED) is 0.408. The highest BCUT2D eigenvalue weighted by Crippen LogP contribution is 2.46. The molecular formula is C20H30N4O2S. The Balaban J connectivity index is 2.29. The molecule has 0 saturated carbocycles. The number of hydrogen-bond acceptors (Lipinski definition) is 5. The van der Waals surface area contributed by atoms with Gasteiger partial charge in [0, 0.05) is 23.3 Å². The number of nitro groups is 1. The van der Waals surface area contributed by atoms with Gasteiger partial charge in [-0.15, -0.1) is 22.0 Å². The van der Waals surface area contributed by atoms with Crippen LogP contribution in [0, 0.1) is 15.5 Å². The van der Waals surface area contributed by atoms with Crippen LogP contribution in [0.3, 0.4) is 0 Å². The molecule has 0 bridgehead atoms. The first kappa shape index (κ1) is 21.4. The summed E-state index contributed by atoms with van der Waals surface area (Å²) in [7, 11) is 0. The molecule has 2 rings (SSSR count). The van der Waals surface area contributed by atoms with Gasteiger partial charge >= 0.3 is 0 Å².